The summed E-state index contributed by atoms with van der Waals surface area (Å²) in [5, 5.41) is 33.1. The molecule has 0 aromatic rings. The largest absolute Gasteiger partial charge is 0.456 e. The van der Waals surface area contributed by atoms with E-state index >= 15 is 0 Å². The van der Waals surface area contributed by atoms with Crippen molar-refractivity contribution in [2.24, 2.45) is 29.6 Å². The normalized spacial score (nSPS) is 40.1. The molecule has 3 aliphatic heterocycles. The Morgan fingerprint density at radius 1 is 0.932 bits per heavy atom. The van der Waals surface area contributed by atoms with E-state index in [4.69, 9.17) is 28.4 Å². The van der Waals surface area contributed by atoms with E-state index in [1.165, 1.54) is 19.1 Å². The Hall–Kier alpha value is -2.56. The Balaban J connectivity index is 1.75. The fraction of sp³-hybridized carbons (Fsp3) is 0.822. The van der Waals surface area contributed by atoms with Crippen molar-refractivity contribution in [2.45, 2.75) is 167 Å². The average molecular weight is 836 g/mol. The molecule has 3 heterocycles. The van der Waals surface area contributed by atoms with Crippen LogP contribution in [0.3, 0.4) is 0 Å². The number of fused-ring (bicyclic) bond motifs is 3. The molecule has 59 heavy (non-hydrogen) atoms. The van der Waals surface area contributed by atoms with Crippen molar-refractivity contribution in [1.29, 1.82) is 0 Å². The van der Waals surface area contributed by atoms with Crippen molar-refractivity contribution in [2.75, 3.05) is 41.1 Å². The highest BCUT2D eigenvalue weighted by atomic mass is 16.7. The summed E-state index contributed by atoms with van der Waals surface area (Å²) >= 11 is 0. The van der Waals surface area contributed by atoms with Crippen molar-refractivity contribution in [3.8, 4) is 0 Å². The number of carbonyl (C=O) groups is 4. The number of nitrogens with zero attached hydrogens (tertiary/aromatic N) is 1. The number of allylic oxidation sites excluding steroid dienone is 3. The van der Waals surface area contributed by atoms with Gasteiger partial charge in [0.1, 0.15) is 24.0 Å². The van der Waals surface area contributed by atoms with Gasteiger partial charge < -0.3 is 48.6 Å². The lowest BCUT2D eigenvalue weighted by Crippen LogP contribution is -2.64. The van der Waals surface area contributed by atoms with E-state index in [2.05, 4.69) is 6.92 Å². The Morgan fingerprint density at radius 2 is 1.61 bits per heavy atom. The van der Waals surface area contributed by atoms with Crippen LogP contribution in [0.15, 0.2) is 23.3 Å². The lowest BCUT2D eigenvalue weighted by atomic mass is 9.81. The van der Waals surface area contributed by atoms with Gasteiger partial charge in [-0.2, -0.15) is 0 Å². The van der Waals surface area contributed by atoms with E-state index in [-0.39, 0.29) is 68.8 Å². The van der Waals surface area contributed by atoms with Gasteiger partial charge in [0, 0.05) is 52.0 Å². The van der Waals surface area contributed by atoms with E-state index in [1.807, 2.05) is 32.9 Å². The number of Topliss-reactive ketones (excluding diaryl/α,β-unsaturated/α-hetero) is 2. The van der Waals surface area contributed by atoms with Gasteiger partial charge in [-0.05, 0) is 95.5 Å². The minimum Gasteiger partial charge on any atom is -0.456 e. The number of aliphatic hydroxyl groups excluding tert-OH is 2. The first-order valence-electron chi connectivity index (χ1n) is 21.9. The molecule has 14 atom stereocenters. The molecule has 1 unspecified atom stereocenters. The van der Waals surface area contributed by atoms with Gasteiger partial charge in [-0.1, -0.05) is 45.4 Å². The van der Waals surface area contributed by atoms with Crippen LogP contribution in [0.5, 0.6) is 0 Å². The molecule has 2 bridgehead atoms. The van der Waals surface area contributed by atoms with E-state index in [0.29, 0.717) is 50.5 Å². The van der Waals surface area contributed by atoms with Gasteiger partial charge in [0.05, 0.1) is 43.7 Å². The molecule has 14 heteroatoms. The summed E-state index contributed by atoms with van der Waals surface area (Å²) in [5.41, 5.74) is 1.67. The SMILES string of the molecule is CC[C@@H]1/C=C(\C)C[C@H](C)CC(OC)[C@H]2O[C@@](O)(C(=O)C(=O)N3CCCC[C@H]3C(=O)O[C@H](/C(C)=C/[C@@H]3CC[C@@H](OCCO)[C@H](OC)C3)[C@H](C)[C@@H](O)CC1=O)[C@H](C)C[C@@H]2OC. The van der Waals surface area contributed by atoms with Gasteiger partial charge in [0.15, 0.2) is 0 Å². The van der Waals surface area contributed by atoms with Gasteiger partial charge in [-0.25, -0.2) is 4.79 Å². The molecule has 4 rings (SSSR count). The Morgan fingerprint density at radius 3 is 2.25 bits per heavy atom. The van der Waals surface area contributed by atoms with Crippen LogP contribution in [0.1, 0.15) is 112 Å². The number of rotatable bonds is 9. The lowest BCUT2D eigenvalue weighted by Gasteiger charge is -2.47. The summed E-state index contributed by atoms with van der Waals surface area (Å²) in [5.74, 6) is -7.50. The topological polar surface area (TPSA) is 188 Å². The molecule has 1 amide bonds. The lowest BCUT2D eigenvalue weighted by molar-refractivity contribution is -0.302. The number of cyclic esters (lactones) is 1. The van der Waals surface area contributed by atoms with Crippen molar-refractivity contribution in [1.82, 2.24) is 4.90 Å². The number of methoxy groups -OCH3 is 3. The molecule has 3 fully saturated rings. The second-order valence-corrected chi connectivity index (χ2v) is 17.7. The molecule has 3 N–H and O–H groups in total. The fourth-order valence-electron chi connectivity index (χ4n) is 9.77. The van der Waals surface area contributed by atoms with E-state index in [9.17, 15) is 34.5 Å². The third kappa shape index (κ3) is 12.1. The molecule has 0 spiro atoms. The highest BCUT2D eigenvalue weighted by molar-refractivity contribution is 6.39. The summed E-state index contributed by atoms with van der Waals surface area (Å²) in [6.45, 7) is 11.4. The average Bonchev–Trinajstić information content (AvgIpc) is 3.22. The summed E-state index contributed by atoms with van der Waals surface area (Å²) in [6, 6.07) is -1.14. The standard InChI is InChI=1S/C45H73NO13/c1-10-32-20-26(2)19-27(3)21-38(55-8)41-39(56-9)23-29(5)45(53,59-41)42(50)43(51)46-16-12-11-13-33(46)44(52)58-40(30(6)34(48)25-35(32)49)28(4)22-31-14-15-36(57-18-17-47)37(24-31)54-7/h20,22,27,29-34,36-41,47-48,53H,10-19,21,23-25H2,1-9H3/b26-20+,28-22+/t27-,29+,30+,31-,32+,33-,34-,36+,37+,38?,39-,40+,41+,45+/m0/s1. The van der Waals surface area contributed by atoms with Crippen LogP contribution in [0.2, 0.25) is 0 Å². The number of piperidine rings is 1. The zero-order chi connectivity index (χ0) is 43.6. The summed E-state index contributed by atoms with van der Waals surface area (Å²) in [6.07, 6.45) is 4.54. The predicted octanol–water partition coefficient (Wildman–Crippen LogP) is 4.49. The van der Waals surface area contributed by atoms with Crippen molar-refractivity contribution >= 4 is 23.4 Å². The first kappa shape index (κ1) is 49.1. The quantitative estimate of drug-likeness (QED) is 0.168. The maximum absolute atomic E-state index is 14.4. The second kappa shape index (κ2) is 22.5. The zero-order valence-electron chi connectivity index (χ0n) is 36.9. The molecule has 0 aromatic carbocycles. The van der Waals surface area contributed by atoms with Crippen LogP contribution in [-0.4, -0.2) is 139 Å². The van der Waals surface area contributed by atoms with Crippen molar-refractivity contribution < 1.29 is 62.9 Å². The van der Waals surface area contributed by atoms with Crippen molar-refractivity contribution in [3.63, 3.8) is 0 Å². The molecule has 1 aliphatic carbocycles. The molecule has 14 nitrogen and oxygen atoms in total. The number of esters is 1. The van der Waals surface area contributed by atoms with Gasteiger partial charge in [0.25, 0.3) is 11.7 Å². The number of ketones is 2. The number of carbonyl (C=O) groups excluding carboxylic acids is 4. The minimum absolute atomic E-state index is 0.0200. The molecule has 0 radical (unpaired) electrons. The molecule has 336 valence electrons. The summed E-state index contributed by atoms with van der Waals surface area (Å²) < 4.78 is 35.9. The highest BCUT2D eigenvalue weighted by Gasteiger charge is 2.56. The van der Waals surface area contributed by atoms with Gasteiger partial charge in [-0.3, -0.25) is 14.4 Å². The van der Waals surface area contributed by atoms with Crippen LogP contribution in [0.25, 0.3) is 0 Å². The van der Waals surface area contributed by atoms with E-state index < -0.39 is 77.8 Å². The number of amides is 1. The summed E-state index contributed by atoms with van der Waals surface area (Å²) in [7, 11) is 4.69. The van der Waals surface area contributed by atoms with E-state index in [1.54, 1.807) is 21.0 Å². The highest BCUT2D eigenvalue weighted by Crippen LogP contribution is 2.39. The number of ether oxygens (including phenoxy) is 6. The number of aliphatic hydroxyl groups is 3. The Labute approximate surface area is 351 Å². The second-order valence-electron chi connectivity index (χ2n) is 17.7. The Kier molecular flexibility index (Phi) is 18.7. The minimum atomic E-state index is -2.51. The van der Waals surface area contributed by atoms with Crippen molar-refractivity contribution in [3.05, 3.63) is 23.3 Å². The summed E-state index contributed by atoms with van der Waals surface area (Å²) in [4.78, 5) is 57.9. The smallest absolute Gasteiger partial charge is 0.329 e. The van der Waals surface area contributed by atoms with Crippen LogP contribution >= 0.6 is 0 Å². The fourth-order valence-corrected chi connectivity index (χ4v) is 9.77. The van der Waals surface area contributed by atoms with Gasteiger partial charge >= 0.3 is 5.97 Å². The van der Waals surface area contributed by atoms with Gasteiger partial charge in [-0.15, -0.1) is 0 Å². The monoisotopic (exact) mass is 836 g/mol. The molecule has 4 aliphatic rings. The number of hydrogen-bond acceptors (Lipinski definition) is 13. The molecule has 1 saturated carbocycles. The van der Waals surface area contributed by atoms with E-state index in [0.717, 1.165) is 12.0 Å². The first-order valence-corrected chi connectivity index (χ1v) is 21.9. The van der Waals surface area contributed by atoms with Crippen LogP contribution in [0, 0.1) is 29.6 Å². The maximum atomic E-state index is 14.4. The maximum Gasteiger partial charge on any atom is 0.329 e. The third-order valence-corrected chi connectivity index (χ3v) is 13.3. The zero-order valence-corrected chi connectivity index (χ0v) is 36.9. The van der Waals surface area contributed by atoms with Crippen LogP contribution in [0.4, 0.5) is 0 Å². The Bertz CT molecular complexity index is 1480. The molecule has 2 saturated heterocycles. The molecule has 0 aromatic heterocycles. The van der Waals surface area contributed by atoms with Gasteiger partial charge in [0.2, 0.25) is 5.79 Å². The predicted molar refractivity (Wildman–Crippen MR) is 219 cm³/mol. The first-order chi connectivity index (χ1) is 28.0. The molecular weight excluding hydrogens is 762 g/mol. The van der Waals surface area contributed by atoms with Crippen LogP contribution < -0.4 is 0 Å². The van der Waals surface area contributed by atoms with Crippen LogP contribution in [-0.2, 0) is 47.6 Å². The third-order valence-electron chi connectivity index (χ3n) is 13.3. The molecular formula is C45H73NO13. The number of hydrogen-bond donors (Lipinski definition) is 3.